The van der Waals surface area contributed by atoms with Gasteiger partial charge in [-0.05, 0) is 31.0 Å². The summed E-state index contributed by atoms with van der Waals surface area (Å²) >= 11 is 0. The molecule has 3 N–H and O–H groups in total. The van der Waals surface area contributed by atoms with Crippen LogP contribution >= 0.6 is 0 Å². The van der Waals surface area contributed by atoms with Crippen LogP contribution in [0, 0.1) is 6.92 Å². The van der Waals surface area contributed by atoms with Crippen molar-refractivity contribution in [3.8, 4) is 5.75 Å². The fourth-order valence-corrected chi connectivity index (χ4v) is 1.26. The lowest BCUT2D eigenvalue weighted by Gasteiger charge is -2.12. The predicted octanol–water partition coefficient (Wildman–Crippen LogP) is 2.66. The molecular weight excluding hydrogens is 188 g/mol. The summed E-state index contributed by atoms with van der Waals surface area (Å²) in [5, 5.41) is 9.35. The molecule has 0 radical (unpaired) electrons. The first-order valence-corrected chi connectivity index (χ1v) is 4.30. The van der Waals surface area contributed by atoms with Crippen LogP contribution in [0.4, 0.5) is 8.78 Å². The summed E-state index contributed by atoms with van der Waals surface area (Å²) in [6, 6.07) is 2.55. The van der Waals surface area contributed by atoms with Crippen LogP contribution in [0.3, 0.4) is 0 Å². The number of aromatic hydroxyl groups is 1. The number of phenols is 1. The topological polar surface area (TPSA) is 46.2 Å². The van der Waals surface area contributed by atoms with Crippen molar-refractivity contribution in [2.75, 3.05) is 0 Å². The Morgan fingerprint density at radius 2 is 1.93 bits per heavy atom. The number of hydrogen-bond donors (Lipinski definition) is 2. The van der Waals surface area contributed by atoms with Gasteiger partial charge in [-0.15, -0.1) is 0 Å². The van der Waals surface area contributed by atoms with Crippen molar-refractivity contribution >= 4 is 0 Å². The van der Waals surface area contributed by atoms with Gasteiger partial charge >= 0.3 is 0 Å². The fourth-order valence-electron chi connectivity index (χ4n) is 1.26. The number of benzene rings is 1. The van der Waals surface area contributed by atoms with Crippen molar-refractivity contribution in [1.82, 2.24) is 0 Å². The first kappa shape index (κ1) is 10.9. The molecule has 14 heavy (non-hydrogen) atoms. The fraction of sp³-hybridized carbons (Fsp3) is 0.400. The highest BCUT2D eigenvalue weighted by molar-refractivity contribution is 5.44. The van der Waals surface area contributed by atoms with E-state index in [0.29, 0.717) is 11.1 Å². The van der Waals surface area contributed by atoms with E-state index in [4.69, 9.17) is 5.73 Å². The number of aryl methyl sites for hydroxylation is 1. The highest BCUT2D eigenvalue weighted by atomic mass is 19.3. The Hall–Kier alpha value is -1.16. The third kappa shape index (κ3) is 2.01. The minimum absolute atomic E-state index is 0.313. The lowest BCUT2D eigenvalue weighted by atomic mass is 10.0. The molecule has 0 aromatic heterocycles. The molecule has 1 atom stereocenters. The molecule has 0 spiro atoms. The van der Waals surface area contributed by atoms with Crippen LogP contribution < -0.4 is 5.73 Å². The Balaban J connectivity index is 3.28. The van der Waals surface area contributed by atoms with E-state index in [2.05, 4.69) is 0 Å². The molecule has 0 amide bonds. The summed E-state index contributed by atoms with van der Waals surface area (Å²) in [5.41, 5.74) is 6.26. The lowest BCUT2D eigenvalue weighted by molar-refractivity contribution is 0.147. The molecule has 0 saturated heterocycles. The quantitative estimate of drug-likeness (QED) is 0.772. The number of halogens is 2. The second kappa shape index (κ2) is 3.92. The normalized spacial score (nSPS) is 13.3. The van der Waals surface area contributed by atoms with Gasteiger partial charge in [-0.1, -0.05) is 6.07 Å². The summed E-state index contributed by atoms with van der Waals surface area (Å²) in [4.78, 5) is 0. The van der Waals surface area contributed by atoms with Gasteiger partial charge in [-0.25, -0.2) is 8.78 Å². The molecule has 0 fully saturated rings. The Morgan fingerprint density at radius 3 is 2.36 bits per heavy atom. The predicted molar refractivity (Wildman–Crippen MR) is 50.4 cm³/mol. The molecule has 0 aliphatic heterocycles. The van der Waals surface area contributed by atoms with Gasteiger partial charge < -0.3 is 10.8 Å². The Bertz CT molecular complexity index is 337. The maximum absolute atomic E-state index is 12.5. The van der Waals surface area contributed by atoms with Gasteiger partial charge in [-0.3, -0.25) is 0 Å². The number of alkyl halides is 2. The average Bonchev–Trinajstić information content (AvgIpc) is 2.08. The molecule has 0 bridgehead atoms. The van der Waals surface area contributed by atoms with Crippen molar-refractivity contribution in [2.45, 2.75) is 26.3 Å². The summed E-state index contributed by atoms with van der Waals surface area (Å²) in [7, 11) is 0. The number of hydrogen-bond acceptors (Lipinski definition) is 2. The van der Waals surface area contributed by atoms with Crippen molar-refractivity contribution in [3.05, 3.63) is 28.8 Å². The van der Waals surface area contributed by atoms with E-state index in [9.17, 15) is 13.9 Å². The molecule has 1 unspecified atom stereocenters. The van der Waals surface area contributed by atoms with Gasteiger partial charge in [0.05, 0.1) is 5.56 Å². The number of nitrogens with two attached hydrogens (primary N) is 1. The van der Waals surface area contributed by atoms with E-state index >= 15 is 0 Å². The maximum Gasteiger partial charge on any atom is 0.267 e. The zero-order valence-corrected chi connectivity index (χ0v) is 8.09. The van der Waals surface area contributed by atoms with Gasteiger partial charge in [0, 0.05) is 6.04 Å². The molecule has 78 valence electrons. The molecule has 4 heteroatoms. The van der Waals surface area contributed by atoms with Crippen molar-refractivity contribution < 1.29 is 13.9 Å². The third-order valence-electron chi connectivity index (χ3n) is 2.11. The largest absolute Gasteiger partial charge is 0.507 e. The smallest absolute Gasteiger partial charge is 0.267 e. The standard InChI is InChI=1S/C10H13F2NO/c1-5-3-7(6(2)13)4-8(9(5)14)10(11)12/h3-4,6,10,14H,13H2,1-2H3. The second-order valence-electron chi connectivity index (χ2n) is 3.37. The van der Waals surface area contributed by atoms with E-state index in [1.165, 1.54) is 6.07 Å². The third-order valence-corrected chi connectivity index (χ3v) is 2.11. The van der Waals surface area contributed by atoms with Gasteiger partial charge in [-0.2, -0.15) is 0 Å². The second-order valence-corrected chi connectivity index (χ2v) is 3.37. The van der Waals surface area contributed by atoms with E-state index in [0.717, 1.165) is 0 Å². The van der Waals surface area contributed by atoms with Gasteiger partial charge in [0.2, 0.25) is 0 Å². The summed E-state index contributed by atoms with van der Waals surface area (Å²) in [5.74, 6) is -0.343. The molecule has 0 aliphatic rings. The Kier molecular flexibility index (Phi) is 3.06. The van der Waals surface area contributed by atoms with Crippen molar-refractivity contribution in [1.29, 1.82) is 0 Å². The monoisotopic (exact) mass is 201 g/mol. The first-order valence-electron chi connectivity index (χ1n) is 4.30. The molecule has 2 nitrogen and oxygen atoms in total. The van der Waals surface area contributed by atoms with E-state index in [1.54, 1.807) is 19.9 Å². The van der Waals surface area contributed by atoms with Crippen LogP contribution in [0.5, 0.6) is 5.75 Å². The van der Waals surface area contributed by atoms with Crippen molar-refractivity contribution in [3.63, 3.8) is 0 Å². The zero-order chi connectivity index (χ0) is 10.9. The molecule has 0 heterocycles. The highest BCUT2D eigenvalue weighted by Crippen LogP contribution is 2.33. The van der Waals surface area contributed by atoms with Crippen LogP contribution in [0.25, 0.3) is 0 Å². The van der Waals surface area contributed by atoms with Gasteiger partial charge in [0.1, 0.15) is 5.75 Å². The number of phenolic OH excluding ortho intramolecular Hbond substituents is 1. The van der Waals surface area contributed by atoms with Crippen LogP contribution in [-0.2, 0) is 0 Å². The van der Waals surface area contributed by atoms with E-state index in [1.807, 2.05) is 0 Å². The molecule has 0 aliphatic carbocycles. The highest BCUT2D eigenvalue weighted by Gasteiger charge is 2.16. The lowest BCUT2D eigenvalue weighted by Crippen LogP contribution is -2.06. The van der Waals surface area contributed by atoms with Crippen LogP contribution in [-0.4, -0.2) is 5.11 Å². The molecule has 1 aromatic rings. The zero-order valence-electron chi connectivity index (χ0n) is 8.09. The Labute approximate surface area is 81.4 Å². The molecule has 0 saturated carbocycles. The SMILES string of the molecule is Cc1cc(C(C)N)cc(C(F)F)c1O. The van der Waals surface area contributed by atoms with E-state index in [-0.39, 0.29) is 17.4 Å². The first-order chi connectivity index (χ1) is 6.43. The minimum atomic E-state index is -2.67. The minimum Gasteiger partial charge on any atom is -0.507 e. The maximum atomic E-state index is 12.5. The van der Waals surface area contributed by atoms with Crippen LogP contribution in [0.2, 0.25) is 0 Å². The van der Waals surface area contributed by atoms with Gasteiger partial charge in [0.15, 0.2) is 0 Å². The van der Waals surface area contributed by atoms with Crippen LogP contribution in [0.15, 0.2) is 12.1 Å². The molecular formula is C10H13F2NO. The average molecular weight is 201 g/mol. The number of rotatable bonds is 2. The summed E-state index contributed by atoms with van der Waals surface area (Å²) in [6.07, 6.45) is -2.67. The van der Waals surface area contributed by atoms with E-state index < -0.39 is 6.43 Å². The molecule has 1 rings (SSSR count). The summed E-state index contributed by atoms with van der Waals surface area (Å²) < 4.78 is 24.9. The van der Waals surface area contributed by atoms with Crippen molar-refractivity contribution in [2.24, 2.45) is 5.73 Å². The Morgan fingerprint density at radius 1 is 1.36 bits per heavy atom. The van der Waals surface area contributed by atoms with Crippen LogP contribution in [0.1, 0.15) is 36.1 Å². The van der Waals surface area contributed by atoms with Gasteiger partial charge in [0.25, 0.3) is 6.43 Å². The summed E-state index contributed by atoms with van der Waals surface area (Å²) in [6.45, 7) is 3.29. The molecule has 1 aromatic carbocycles.